The molecule has 2 aliphatic rings. The molecule has 0 aromatic heterocycles. The molecule has 1 aromatic rings. The molecule has 9 heteroatoms. The fourth-order valence-corrected chi connectivity index (χ4v) is 4.36. The highest BCUT2D eigenvalue weighted by molar-refractivity contribution is 8.18. The number of likely N-dealkylation sites (tertiary alicyclic amines) is 1. The number of amidine groups is 1. The maximum absolute atomic E-state index is 12.5. The minimum absolute atomic E-state index is 0.0880. The summed E-state index contributed by atoms with van der Waals surface area (Å²) in [7, 11) is 4.66. The van der Waals surface area contributed by atoms with E-state index in [0.717, 1.165) is 0 Å². The van der Waals surface area contributed by atoms with Gasteiger partial charge < -0.3 is 23.8 Å². The van der Waals surface area contributed by atoms with E-state index in [1.165, 1.54) is 11.8 Å². The highest BCUT2D eigenvalue weighted by Gasteiger charge is 2.32. The molecule has 0 radical (unpaired) electrons. The van der Waals surface area contributed by atoms with Gasteiger partial charge in [0.25, 0.3) is 5.91 Å². The second kappa shape index (κ2) is 9.88. The quantitative estimate of drug-likeness (QED) is 0.499. The van der Waals surface area contributed by atoms with Crippen LogP contribution in [0.5, 0.6) is 17.2 Å². The SMILES string of the molecule is CCOC(=O)C1CCN(C2=NC(=O)C(=Cc3cc(OC)c(OC)cc3OC)S2)CC1. The molecular formula is C21H26N2O6S. The molecule has 30 heavy (non-hydrogen) atoms. The molecule has 8 nitrogen and oxygen atoms in total. The first-order valence-electron chi connectivity index (χ1n) is 9.74. The summed E-state index contributed by atoms with van der Waals surface area (Å²) in [6.45, 7) is 3.53. The molecule has 3 rings (SSSR count). The van der Waals surface area contributed by atoms with Crippen LogP contribution < -0.4 is 14.2 Å². The first-order chi connectivity index (χ1) is 14.5. The highest BCUT2D eigenvalue weighted by Crippen LogP contribution is 2.38. The summed E-state index contributed by atoms with van der Waals surface area (Å²) in [6, 6.07) is 3.48. The van der Waals surface area contributed by atoms with Crippen LogP contribution in [0, 0.1) is 5.92 Å². The first-order valence-corrected chi connectivity index (χ1v) is 10.6. The molecule has 1 fully saturated rings. The van der Waals surface area contributed by atoms with E-state index in [1.807, 2.05) is 11.8 Å². The summed E-state index contributed by atoms with van der Waals surface area (Å²) in [4.78, 5) is 31.2. The van der Waals surface area contributed by atoms with E-state index >= 15 is 0 Å². The molecule has 2 aliphatic heterocycles. The molecule has 0 saturated carbocycles. The van der Waals surface area contributed by atoms with Crippen LogP contribution >= 0.6 is 11.8 Å². The van der Waals surface area contributed by atoms with Crippen molar-refractivity contribution in [3.63, 3.8) is 0 Å². The molecule has 0 N–H and O–H groups in total. The van der Waals surface area contributed by atoms with Gasteiger partial charge in [-0.3, -0.25) is 9.59 Å². The Morgan fingerprint density at radius 2 is 1.77 bits per heavy atom. The number of nitrogens with zero attached hydrogens (tertiary/aromatic N) is 2. The number of ether oxygens (including phenoxy) is 4. The Morgan fingerprint density at radius 3 is 2.37 bits per heavy atom. The lowest BCUT2D eigenvalue weighted by molar-refractivity contribution is -0.149. The smallest absolute Gasteiger partial charge is 0.309 e. The van der Waals surface area contributed by atoms with Crippen LogP contribution in [0.15, 0.2) is 22.0 Å². The van der Waals surface area contributed by atoms with Gasteiger partial charge in [-0.2, -0.15) is 4.99 Å². The predicted molar refractivity (Wildman–Crippen MR) is 115 cm³/mol. The second-order valence-corrected chi connectivity index (χ2v) is 7.78. The fraction of sp³-hybridized carbons (Fsp3) is 0.476. The summed E-state index contributed by atoms with van der Waals surface area (Å²) in [6.07, 6.45) is 3.12. The van der Waals surface area contributed by atoms with Gasteiger partial charge in [-0.25, -0.2) is 0 Å². The summed E-state index contributed by atoms with van der Waals surface area (Å²) in [5.74, 6) is 1.13. The van der Waals surface area contributed by atoms with E-state index < -0.39 is 0 Å². The van der Waals surface area contributed by atoms with Crippen molar-refractivity contribution in [2.45, 2.75) is 19.8 Å². The maximum Gasteiger partial charge on any atom is 0.309 e. The molecule has 0 bridgehead atoms. The number of carbonyl (C=O) groups is 2. The van der Waals surface area contributed by atoms with Crippen LogP contribution in [0.1, 0.15) is 25.3 Å². The fourth-order valence-electron chi connectivity index (χ4n) is 3.41. The van der Waals surface area contributed by atoms with Crippen LogP contribution in [0.4, 0.5) is 0 Å². The standard InChI is InChI=1S/C21H26N2O6S/c1-5-29-20(25)13-6-8-23(9-7-13)21-22-19(24)18(30-21)11-14-10-16(27-3)17(28-4)12-15(14)26-2/h10-13H,5-9H2,1-4H3. The van der Waals surface area contributed by atoms with Gasteiger partial charge in [0.2, 0.25) is 0 Å². The van der Waals surface area contributed by atoms with Crippen LogP contribution in [-0.4, -0.2) is 63.0 Å². The molecule has 0 atom stereocenters. The van der Waals surface area contributed by atoms with Crippen molar-refractivity contribution in [1.29, 1.82) is 0 Å². The number of aliphatic imine (C=N–C) groups is 1. The van der Waals surface area contributed by atoms with E-state index in [4.69, 9.17) is 18.9 Å². The van der Waals surface area contributed by atoms with Crippen LogP contribution in [0.25, 0.3) is 6.08 Å². The average Bonchev–Trinajstić information content (AvgIpc) is 3.13. The topological polar surface area (TPSA) is 86.7 Å². The van der Waals surface area contributed by atoms with Gasteiger partial charge in [-0.05, 0) is 43.7 Å². The number of rotatable bonds is 6. The molecule has 0 unspecified atom stereocenters. The lowest BCUT2D eigenvalue weighted by Crippen LogP contribution is -2.39. The van der Waals surface area contributed by atoms with Crippen molar-refractivity contribution < 1.29 is 28.5 Å². The highest BCUT2D eigenvalue weighted by atomic mass is 32.2. The van der Waals surface area contributed by atoms with Crippen molar-refractivity contribution in [2.75, 3.05) is 41.0 Å². The number of thioether (sulfide) groups is 1. The lowest BCUT2D eigenvalue weighted by atomic mass is 9.97. The Labute approximate surface area is 180 Å². The van der Waals surface area contributed by atoms with Gasteiger partial charge in [-0.1, -0.05) is 0 Å². The third-order valence-corrected chi connectivity index (χ3v) is 6.06. The van der Waals surface area contributed by atoms with Crippen molar-refractivity contribution >= 4 is 34.9 Å². The molecule has 2 heterocycles. The number of hydrogen-bond acceptors (Lipinski definition) is 8. The molecular weight excluding hydrogens is 408 g/mol. The number of amides is 1. The molecule has 162 valence electrons. The number of methoxy groups -OCH3 is 3. The second-order valence-electron chi connectivity index (χ2n) is 6.77. The van der Waals surface area contributed by atoms with E-state index in [2.05, 4.69) is 4.99 Å². The molecule has 0 aliphatic carbocycles. The minimum Gasteiger partial charge on any atom is -0.496 e. The largest absolute Gasteiger partial charge is 0.496 e. The van der Waals surface area contributed by atoms with Crippen molar-refractivity contribution in [3.05, 3.63) is 22.6 Å². The van der Waals surface area contributed by atoms with Gasteiger partial charge in [0.15, 0.2) is 16.7 Å². The summed E-state index contributed by atoms with van der Waals surface area (Å²) in [5, 5.41) is 0.660. The number of esters is 1. The van der Waals surface area contributed by atoms with E-state index in [0.29, 0.717) is 65.4 Å². The molecule has 1 aromatic carbocycles. The zero-order valence-corrected chi connectivity index (χ0v) is 18.4. The van der Waals surface area contributed by atoms with Gasteiger partial charge in [0.1, 0.15) is 5.75 Å². The number of piperidine rings is 1. The Kier molecular flexibility index (Phi) is 7.25. The maximum atomic E-state index is 12.5. The van der Waals surface area contributed by atoms with Crippen molar-refractivity contribution in [2.24, 2.45) is 10.9 Å². The van der Waals surface area contributed by atoms with Gasteiger partial charge >= 0.3 is 5.97 Å². The van der Waals surface area contributed by atoms with E-state index in [1.54, 1.807) is 39.5 Å². The van der Waals surface area contributed by atoms with Gasteiger partial charge in [-0.15, -0.1) is 0 Å². The summed E-state index contributed by atoms with van der Waals surface area (Å²) < 4.78 is 21.2. The number of benzene rings is 1. The minimum atomic E-state index is -0.292. The zero-order valence-electron chi connectivity index (χ0n) is 17.6. The zero-order chi connectivity index (χ0) is 21.7. The summed E-state index contributed by atoms with van der Waals surface area (Å²) in [5.41, 5.74) is 0.698. The van der Waals surface area contributed by atoms with Crippen LogP contribution in [0.2, 0.25) is 0 Å². The van der Waals surface area contributed by atoms with Gasteiger partial charge in [0, 0.05) is 24.7 Å². The number of hydrogen-bond donors (Lipinski definition) is 0. The molecule has 1 saturated heterocycles. The van der Waals surface area contributed by atoms with Crippen LogP contribution in [-0.2, 0) is 14.3 Å². The monoisotopic (exact) mass is 434 g/mol. The van der Waals surface area contributed by atoms with E-state index in [-0.39, 0.29) is 17.8 Å². The van der Waals surface area contributed by atoms with Crippen molar-refractivity contribution in [1.82, 2.24) is 4.90 Å². The Hall–Kier alpha value is -2.68. The normalized spacial score (nSPS) is 18.4. The van der Waals surface area contributed by atoms with Crippen molar-refractivity contribution in [3.8, 4) is 17.2 Å². The summed E-state index contributed by atoms with van der Waals surface area (Å²) >= 11 is 1.33. The van der Waals surface area contributed by atoms with Gasteiger partial charge in [0.05, 0.1) is 38.8 Å². The lowest BCUT2D eigenvalue weighted by Gasteiger charge is -2.31. The third-order valence-electron chi connectivity index (χ3n) is 5.02. The van der Waals surface area contributed by atoms with E-state index in [9.17, 15) is 9.59 Å². The number of carbonyl (C=O) groups excluding carboxylic acids is 2. The van der Waals surface area contributed by atoms with Crippen LogP contribution in [0.3, 0.4) is 0 Å². The Morgan fingerprint density at radius 1 is 1.13 bits per heavy atom. The predicted octanol–water partition coefficient (Wildman–Crippen LogP) is 2.96. The average molecular weight is 435 g/mol. The third kappa shape index (κ3) is 4.72. The Balaban J connectivity index is 1.72. The molecule has 1 amide bonds. The molecule has 0 spiro atoms. The first kappa shape index (κ1) is 22.0. The Bertz CT molecular complexity index is 874.